The van der Waals surface area contributed by atoms with E-state index >= 15 is 0 Å². The van der Waals surface area contributed by atoms with Gasteiger partial charge < -0.3 is 14.2 Å². The standard InChI is InChI=1S/C23H22N2O4/c1-27-21-12-19(13-22(14-21)28-2)23(26)25-24-15-18-9-6-10-20(11-18)29-16-17-7-4-3-5-8-17/h3-15H,16H2,1-2H3,(H,25,26)/b24-15-. The first kappa shape index (κ1) is 19.9. The van der Waals surface area contributed by atoms with Crippen LogP contribution in [0.2, 0.25) is 0 Å². The number of hydrogen-bond donors (Lipinski definition) is 1. The second-order valence-electron chi connectivity index (χ2n) is 6.15. The fourth-order valence-corrected chi connectivity index (χ4v) is 2.59. The van der Waals surface area contributed by atoms with Crippen LogP contribution in [0, 0.1) is 0 Å². The number of hydrazone groups is 1. The molecule has 3 aromatic rings. The van der Waals surface area contributed by atoms with Gasteiger partial charge in [0, 0.05) is 11.6 Å². The molecule has 0 aromatic heterocycles. The number of carbonyl (C=O) groups is 1. The zero-order valence-corrected chi connectivity index (χ0v) is 16.3. The van der Waals surface area contributed by atoms with Gasteiger partial charge in [0.1, 0.15) is 23.9 Å². The van der Waals surface area contributed by atoms with Crippen LogP contribution in [0.3, 0.4) is 0 Å². The van der Waals surface area contributed by atoms with Gasteiger partial charge in [0.05, 0.1) is 20.4 Å². The van der Waals surface area contributed by atoms with Gasteiger partial charge in [-0.2, -0.15) is 5.10 Å². The summed E-state index contributed by atoms with van der Waals surface area (Å²) in [6, 6.07) is 22.3. The van der Waals surface area contributed by atoms with E-state index in [2.05, 4.69) is 10.5 Å². The lowest BCUT2D eigenvalue weighted by Crippen LogP contribution is -2.17. The third-order valence-corrected chi connectivity index (χ3v) is 4.10. The summed E-state index contributed by atoms with van der Waals surface area (Å²) < 4.78 is 16.2. The molecule has 0 heterocycles. The Balaban J connectivity index is 1.61. The lowest BCUT2D eigenvalue weighted by atomic mass is 10.2. The van der Waals surface area contributed by atoms with Crippen LogP contribution >= 0.6 is 0 Å². The molecule has 0 aliphatic rings. The van der Waals surface area contributed by atoms with Crippen LogP contribution in [0.5, 0.6) is 17.2 Å². The predicted octanol–water partition coefficient (Wildman–Crippen LogP) is 4.05. The van der Waals surface area contributed by atoms with E-state index in [4.69, 9.17) is 14.2 Å². The van der Waals surface area contributed by atoms with Crippen molar-refractivity contribution in [2.75, 3.05) is 14.2 Å². The second kappa shape index (κ2) is 9.94. The van der Waals surface area contributed by atoms with Gasteiger partial charge in [0.15, 0.2) is 0 Å². The molecule has 6 heteroatoms. The van der Waals surface area contributed by atoms with Gasteiger partial charge in [-0.3, -0.25) is 4.79 Å². The number of nitrogens with zero attached hydrogens (tertiary/aromatic N) is 1. The van der Waals surface area contributed by atoms with Crippen molar-refractivity contribution in [3.05, 3.63) is 89.5 Å². The maximum absolute atomic E-state index is 12.3. The first-order valence-electron chi connectivity index (χ1n) is 9.01. The average molecular weight is 390 g/mol. The lowest BCUT2D eigenvalue weighted by molar-refractivity contribution is 0.0954. The van der Waals surface area contributed by atoms with Crippen LogP contribution in [-0.4, -0.2) is 26.3 Å². The molecule has 0 saturated heterocycles. The molecule has 6 nitrogen and oxygen atoms in total. The van der Waals surface area contributed by atoms with Crippen molar-refractivity contribution >= 4 is 12.1 Å². The molecule has 0 spiro atoms. The Morgan fingerprint density at radius 1 is 0.897 bits per heavy atom. The van der Waals surface area contributed by atoms with Crippen molar-refractivity contribution < 1.29 is 19.0 Å². The summed E-state index contributed by atoms with van der Waals surface area (Å²) in [5.41, 5.74) is 4.79. The second-order valence-corrected chi connectivity index (χ2v) is 6.15. The number of methoxy groups -OCH3 is 2. The van der Waals surface area contributed by atoms with Gasteiger partial charge in [-0.1, -0.05) is 42.5 Å². The SMILES string of the molecule is COc1cc(OC)cc(C(=O)N/N=C\c2cccc(OCc3ccccc3)c2)c1. The molecular formula is C23H22N2O4. The highest BCUT2D eigenvalue weighted by Crippen LogP contribution is 2.22. The molecule has 3 rings (SSSR count). The maximum Gasteiger partial charge on any atom is 0.271 e. The predicted molar refractivity (Wildman–Crippen MR) is 112 cm³/mol. The molecule has 0 unspecified atom stereocenters. The summed E-state index contributed by atoms with van der Waals surface area (Å²) in [5, 5.41) is 4.03. The van der Waals surface area contributed by atoms with Crippen molar-refractivity contribution in [3.63, 3.8) is 0 Å². The van der Waals surface area contributed by atoms with Crippen molar-refractivity contribution in [3.8, 4) is 17.2 Å². The van der Waals surface area contributed by atoms with Crippen molar-refractivity contribution in [2.45, 2.75) is 6.61 Å². The summed E-state index contributed by atoms with van der Waals surface area (Å²) in [6.45, 7) is 0.482. The van der Waals surface area contributed by atoms with Gasteiger partial charge in [-0.15, -0.1) is 0 Å². The Kier molecular flexibility index (Phi) is 6.84. The van der Waals surface area contributed by atoms with Gasteiger partial charge in [0.2, 0.25) is 0 Å². The zero-order valence-electron chi connectivity index (χ0n) is 16.3. The first-order valence-corrected chi connectivity index (χ1v) is 9.01. The highest BCUT2D eigenvalue weighted by molar-refractivity contribution is 5.95. The van der Waals surface area contributed by atoms with E-state index in [-0.39, 0.29) is 5.91 Å². The quantitative estimate of drug-likeness (QED) is 0.465. The van der Waals surface area contributed by atoms with Gasteiger partial charge >= 0.3 is 0 Å². The average Bonchev–Trinajstić information content (AvgIpc) is 2.78. The van der Waals surface area contributed by atoms with Crippen LogP contribution < -0.4 is 19.6 Å². The molecule has 0 radical (unpaired) electrons. The van der Waals surface area contributed by atoms with Crippen molar-refractivity contribution in [1.29, 1.82) is 0 Å². The van der Waals surface area contributed by atoms with Crippen LogP contribution in [-0.2, 0) is 6.61 Å². The van der Waals surface area contributed by atoms with E-state index in [1.54, 1.807) is 24.4 Å². The molecule has 0 aliphatic heterocycles. The fraction of sp³-hybridized carbons (Fsp3) is 0.130. The molecule has 3 aromatic carbocycles. The van der Waals surface area contributed by atoms with Crippen LogP contribution in [0.25, 0.3) is 0 Å². The van der Waals surface area contributed by atoms with E-state index in [1.807, 2.05) is 54.6 Å². The highest BCUT2D eigenvalue weighted by Gasteiger charge is 2.09. The largest absolute Gasteiger partial charge is 0.497 e. The van der Waals surface area contributed by atoms with E-state index in [1.165, 1.54) is 14.2 Å². The van der Waals surface area contributed by atoms with Crippen LogP contribution in [0.15, 0.2) is 77.9 Å². The van der Waals surface area contributed by atoms with Crippen LogP contribution in [0.1, 0.15) is 21.5 Å². The number of rotatable bonds is 8. The third kappa shape index (κ3) is 5.84. The molecule has 0 atom stereocenters. The fourth-order valence-electron chi connectivity index (χ4n) is 2.59. The van der Waals surface area contributed by atoms with E-state index in [9.17, 15) is 4.79 Å². The van der Waals surface area contributed by atoms with Gasteiger partial charge in [-0.05, 0) is 35.4 Å². The number of benzene rings is 3. The summed E-state index contributed by atoms with van der Waals surface area (Å²) in [6.07, 6.45) is 1.56. The molecule has 1 N–H and O–H groups in total. The highest BCUT2D eigenvalue weighted by atomic mass is 16.5. The minimum absolute atomic E-state index is 0.366. The Labute approximate surface area is 169 Å². The number of hydrogen-bond acceptors (Lipinski definition) is 5. The normalized spacial score (nSPS) is 10.6. The number of amides is 1. The molecule has 1 amide bonds. The van der Waals surface area contributed by atoms with E-state index < -0.39 is 0 Å². The van der Waals surface area contributed by atoms with E-state index in [0.29, 0.717) is 23.7 Å². The van der Waals surface area contributed by atoms with Crippen molar-refractivity contribution in [1.82, 2.24) is 5.43 Å². The number of nitrogens with one attached hydrogen (secondary N) is 1. The van der Waals surface area contributed by atoms with Crippen molar-refractivity contribution in [2.24, 2.45) is 5.10 Å². The smallest absolute Gasteiger partial charge is 0.271 e. The maximum atomic E-state index is 12.3. The molecular weight excluding hydrogens is 368 g/mol. The third-order valence-electron chi connectivity index (χ3n) is 4.10. The summed E-state index contributed by atoms with van der Waals surface area (Å²) in [5.74, 6) is 1.42. The molecule has 0 aliphatic carbocycles. The Bertz CT molecular complexity index is 965. The Morgan fingerprint density at radius 3 is 2.31 bits per heavy atom. The summed E-state index contributed by atoms with van der Waals surface area (Å²) >= 11 is 0. The van der Waals surface area contributed by atoms with Crippen LogP contribution in [0.4, 0.5) is 0 Å². The van der Waals surface area contributed by atoms with E-state index in [0.717, 1.165) is 16.9 Å². The molecule has 148 valence electrons. The molecule has 0 fully saturated rings. The Morgan fingerprint density at radius 2 is 1.62 bits per heavy atom. The minimum Gasteiger partial charge on any atom is -0.497 e. The molecule has 0 bridgehead atoms. The topological polar surface area (TPSA) is 69.2 Å². The lowest BCUT2D eigenvalue weighted by Gasteiger charge is -2.07. The van der Waals surface area contributed by atoms with Gasteiger partial charge in [-0.25, -0.2) is 5.43 Å². The zero-order chi connectivity index (χ0) is 20.5. The molecule has 29 heavy (non-hydrogen) atoms. The van der Waals surface area contributed by atoms with Gasteiger partial charge in [0.25, 0.3) is 5.91 Å². The molecule has 0 saturated carbocycles. The summed E-state index contributed by atoms with van der Waals surface area (Å²) in [7, 11) is 3.06. The number of ether oxygens (including phenoxy) is 3. The monoisotopic (exact) mass is 390 g/mol. The summed E-state index contributed by atoms with van der Waals surface area (Å²) in [4.78, 5) is 12.3. The minimum atomic E-state index is -0.366. The Hall–Kier alpha value is -3.80. The number of carbonyl (C=O) groups excluding carboxylic acids is 1. The first-order chi connectivity index (χ1) is 14.2.